The molecule has 1 aromatic carbocycles. The summed E-state index contributed by atoms with van der Waals surface area (Å²) in [5, 5.41) is 10.2. The average molecular weight is 413 g/mol. The maximum atomic E-state index is 13.8. The van der Waals surface area contributed by atoms with Gasteiger partial charge in [0.25, 0.3) is 0 Å². The van der Waals surface area contributed by atoms with Crippen LogP contribution in [0.15, 0.2) is 24.3 Å². The number of benzene rings is 1. The molecule has 2 fully saturated rings. The number of piperidine rings is 1. The number of sulfonamides is 1. The van der Waals surface area contributed by atoms with Gasteiger partial charge in [-0.25, -0.2) is 17.1 Å². The molecule has 1 aromatic rings. The third-order valence-corrected chi connectivity index (χ3v) is 7.86. The molecule has 1 aliphatic heterocycles. The first-order valence-electron chi connectivity index (χ1n) is 9.95. The summed E-state index contributed by atoms with van der Waals surface area (Å²) in [5.74, 6) is -1.15. The number of aliphatic hydroxyl groups excluding tert-OH is 1. The highest BCUT2D eigenvalue weighted by Crippen LogP contribution is 2.27. The van der Waals surface area contributed by atoms with Crippen LogP contribution in [0.25, 0.3) is 0 Å². The molecule has 1 saturated carbocycles. The summed E-state index contributed by atoms with van der Waals surface area (Å²) < 4.78 is 40.4. The van der Waals surface area contributed by atoms with Crippen molar-refractivity contribution in [1.82, 2.24) is 9.21 Å². The van der Waals surface area contributed by atoms with Crippen molar-refractivity contribution in [2.75, 3.05) is 20.1 Å². The van der Waals surface area contributed by atoms with Gasteiger partial charge in [0.1, 0.15) is 5.82 Å². The van der Waals surface area contributed by atoms with E-state index in [4.69, 9.17) is 0 Å². The normalized spacial score (nSPS) is 24.8. The number of hydrogen-bond acceptors (Lipinski definition) is 4. The Hall–Kier alpha value is -1.51. The number of carbonyl (C=O) groups is 1. The Kier molecular flexibility index (Phi) is 6.73. The summed E-state index contributed by atoms with van der Waals surface area (Å²) in [7, 11) is -1.89. The van der Waals surface area contributed by atoms with E-state index in [2.05, 4.69) is 0 Å². The molecule has 0 aromatic heterocycles. The summed E-state index contributed by atoms with van der Waals surface area (Å²) >= 11 is 0. The molecule has 3 rings (SSSR count). The van der Waals surface area contributed by atoms with Crippen molar-refractivity contribution in [3.63, 3.8) is 0 Å². The van der Waals surface area contributed by atoms with Crippen molar-refractivity contribution < 1.29 is 22.7 Å². The molecular weight excluding hydrogens is 383 g/mol. The molecule has 1 aliphatic carbocycles. The highest BCUT2D eigenvalue weighted by atomic mass is 32.2. The van der Waals surface area contributed by atoms with Crippen molar-refractivity contribution in [1.29, 1.82) is 0 Å². The van der Waals surface area contributed by atoms with Crippen LogP contribution in [0, 0.1) is 11.7 Å². The molecule has 1 amide bonds. The Balaban J connectivity index is 1.57. The highest BCUT2D eigenvalue weighted by molar-refractivity contribution is 7.88. The molecule has 156 valence electrons. The van der Waals surface area contributed by atoms with Gasteiger partial charge in [0.05, 0.1) is 17.9 Å². The van der Waals surface area contributed by atoms with Gasteiger partial charge in [-0.15, -0.1) is 0 Å². The predicted molar refractivity (Wildman–Crippen MR) is 104 cm³/mol. The van der Waals surface area contributed by atoms with Crippen LogP contribution in [-0.2, 0) is 20.6 Å². The molecular formula is C20H29FN2O4S. The smallest absolute Gasteiger partial charge is 0.225 e. The zero-order chi connectivity index (χ0) is 20.3. The fourth-order valence-corrected chi connectivity index (χ4v) is 5.86. The fourth-order valence-electron chi connectivity index (χ4n) is 4.28. The van der Waals surface area contributed by atoms with Gasteiger partial charge in [-0.2, -0.15) is 0 Å². The van der Waals surface area contributed by atoms with E-state index in [0.29, 0.717) is 12.8 Å². The SMILES string of the molecule is CN(C(=O)C1CCN(S(=O)(=O)Cc2ccccc2F)CC1)[C@H]1CCCC[C@@H]1O. The van der Waals surface area contributed by atoms with Crippen LogP contribution in [0.2, 0.25) is 0 Å². The van der Waals surface area contributed by atoms with Gasteiger partial charge >= 0.3 is 0 Å². The molecule has 1 saturated heterocycles. The number of halogens is 1. The minimum absolute atomic E-state index is 0.0166. The number of hydrogen-bond donors (Lipinski definition) is 1. The third kappa shape index (κ3) is 4.72. The number of amides is 1. The lowest BCUT2D eigenvalue weighted by Gasteiger charge is -2.38. The summed E-state index contributed by atoms with van der Waals surface area (Å²) in [6.07, 6.45) is 3.92. The molecule has 6 nitrogen and oxygen atoms in total. The molecule has 1 heterocycles. The Bertz CT molecular complexity index is 793. The minimum Gasteiger partial charge on any atom is -0.391 e. The van der Waals surface area contributed by atoms with Gasteiger partial charge in [-0.1, -0.05) is 31.0 Å². The predicted octanol–water partition coefficient (Wildman–Crippen LogP) is 2.13. The Morgan fingerprint density at radius 1 is 1.18 bits per heavy atom. The summed E-state index contributed by atoms with van der Waals surface area (Å²) in [6.45, 7) is 0.516. The van der Waals surface area contributed by atoms with Gasteiger partial charge in [-0.05, 0) is 31.7 Å². The van der Waals surface area contributed by atoms with Gasteiger partial charge < -0.3 is 10.0 Å². The standard InChI is InChI=1S/C20H29FN2O4S/c1-22(18-8-4-5-9-19(18)24)20(25)15-10-12-23(13-11-15)28(26,27)14-16-6-2-3-7-17(16)21/h2-3,6-7,15,18-19,24H,4-5,8-14H2,1H3/t18-,19-/m0/s1. The van der Waals surface area contributed by atoms with Crippen molar-refractivity contribution in [3.05, 3.63) is 35.6 Å². The topological polar surface area (TPSA) is 77.9 Å². The van der Waals surface area contributed by atoms with Gasteiger partial charge in [0, 0.05) is 31.6 Å². The van der Waals surface area contributed by atoms with Crippen molar-refractivity contribution in [2.45, 2.75) is 56.4 Å². The quantitative estimate of drug-likeness (QED) is 0.804. The van der Waals surface area contributed by atoms with Crippen LogP contribution < -0.4 is 0 Å². The van der Waals surface area contributed by atoms with Crippen LogP contribution in [0.4, 0.5) is 4.39 Å². The summed E-state index contributed by atoms with van der Waals surface area (Å²) in [5.41, 5.74) is 0.159. The summed E-state index contributed by atoms with van der Waals surface area (Å²) in [6, 6.07) is 5.74. The second-order valence-electron chi connectivity index (χ2n) is 7.89. The first-order valence-corrected chi connectivity index (χ1v) is 11.6. The van der Waals surface area contributed by atoms with Crippen LogP contribution in [0.1, 0.15) is 44.1 Å². The van der Waals surface area contributed by atoms with E-state index in [1.54, 1.807) is 18.0 Å². The van der Waals surface area contributed by atoms with Crippen LogP contribution in [-0.4, -0.2) is 60.9 Å². The average Bonchev–Trinajstić information content (AvgIpc) is 2.69. The van der Waals surface area contributed by atoms with E-state index >= 15 is 0 Å². The highest BCUT2D eigenvalue weighted by Gasteiger charge is 2.36. The van der Waals surface area contributed by atoms with Crippen LogP contribution in [0.3, 0.4) is 0 Å². The Morgan fingerprint density at radius 2 is 1.82 bits per heavy atom. The zero-order valence-corrected chi connectivity index (χ0v) is 17.1. The van der Waals surface area contributed by atoms with E-state index in [1.807, 2.05) is 0 Å². The second kappa shape index (κ2) is 8.88. The molecule has 28 heavy (non-hydrogen) atoms. The maximum Gasteiger partial charge on any atom is 0.225 e. The molecule has 0 spiro atoms. The van der Waals surface area contributed by atoms with Crippen molar-refractivity contribution in [3.8, 4) is 0 Å². The second-order valence-corrected chi connectivity index (χ2v) is 9.86. The fraction of sp³-hybridized carbons (Fsp3) is 0.650. The van der Waals surface area contributed by atoms with Crippen LogP contribution in [0.5, 0.6) is 0 Å². The Morgan fingerprint density at radius 3 is 2.46 bits per heavy atom. The molecule has 2 atom stereocenters. The molecule has 2 aliphatic rings. The number of carbonyl (C=O) groups excluding carboxylic acids is 1. The molecule has 0 unspecified atom stereocenters. The van der Waals surface area contributed by atoms with Gasteiger partial charge in [0.2, 0.25) is 15.9 Å². The largest absolute Gasteiger partial charge is 0.391 e. The molecule has 0 radical (unpaired) electrons. The van der Waals surface area contributed by atoms with Gasteiger partial charge in [-0.3, -0.25) is 4.79 Å². The van der Waals surface area contributed by atoms with E-state index in [0.717, 1.165) is 25.7 Å². The molecule has 0 bridgehead atoms. The van der Waals surface area contributed by atoms with E-state index < -0.39 is 21.9 Å². The Labute approximate surface area is 166 Å². The van der Waals surface area contributed by atoms with Crippen LogP contribution >= 0.6 is 0 Å². The lowest BCUT2D eigenvalue weighted by Crippen LogP contribution is -2.50. The van der Waals surface area contributed by atoms with Crippen molar-refractivity contribution >= 4 is 15.9 Å². The van der Waals surface area contributed by atoms with Crippen molar-refractivity contribution in [2.24, 2.45) is 5.92 Å². The number of nitrogens with zero attached hydrogens (tertiary/aromatic N) is 2. The van der Waals surface area contributed by atoms with E-state index in [9.17, 15) is 22.7 Å². The lowest BCUT2D eigenvalue weighted by atomic mass is 9.89. The monoisotopic (exact) mass is 412 g/mol. The van der Waals surface area contributed by atoms with E-state index in [-0.39, 0.29) is 42.3 Å². The first-order chi connectivity index (χ1) is 13.3. The summed E-state index contributed by atoms with van der Waals surface area (Å²) in [4.78, 5) is 14.5. The molecule has 8 heteroatoms. The first kappa shape index (κ1) is 21.2. The number of aliphatic hydroxyl groups is 1. The lowest BCUT2D eigenvalue weighted by molar-refractivity contribution is -0.141. The van der Waals surface area contributed by atoms with Gasteiger partial charge in [0.15, 0.2) is 0 Å². The number of likely N-dealkylation sites (N-methyl/N-ethyl adjacent to an activating group) is 1. The minimum atomic E-state index is -3.63. The maximum absolute atomic E-state index is 13.8. The number of rotatable bonds is 5. The zero-order valence-electron chi connectivity index (χ0n) is 16.3. The molecule has 1 N–H and O–H groups in total. The van der Waals surface area contributed by atoms with E-state index in [1.165, 1.54) is 22.5 Å². The third-order valence-electron chi connectivity index (χ3n) is 6.03.